The molecule has 0 unspecified atom stereocenters. The number of rotatable bonds is 4. The Morgan fingerprint density at radius 3 is 2.43 bits per heavy atom. The molecule has 3 rings (SSSR count). The number of nitrogens with zero attached hydrogens (tertiary/aromatic N) is 5. The van der Waals surface area contributed by atoms with Gasteiger partial charge in [-0.05, 0) is 32.0 Å². The van der Waals surface area contributed by atoms with Gasteiger partial charge in [0.2, 0.25) is 0 Å². The predicted molar refractivity (Wildman–Crippen MR) is 134 cm³/mol. The van der Waals surface area contributed by atoms with Gasteiger partial charge in [0.25, 0.3) is 0 Å². The van der Waals surface area contributed by atoms with Crippen LogP contribution in [0.15, 0.2) is 23.3 Å². The van der Waals surface area contributed by atoms with E-state index in [4.69, 9.17) is 0 Å². The quantitative estimate of drug-likeness (QED) is 0.345. The Labute approximate surface area is 198 Å². The molecule has 170 valence electrons. The Balaban J connectivity index is 0.00000320. The van der Waals surface area contributed by atoms with Crippen molar-refractivity contribution in [2.24, 2.45) is 4.99 Å². The first-order valence-corrected chi connectivity index (χ1v) is 12.0. The summed E-state index contributed by atoms with van der Waals surface area (Å²) in [5, 5.41) is 3.35. The summed E-state index contributed by atoms with van der Waals surface area (Å²) < 4.78 is 23.7. The molecule has 1 aromatic rings. The van der Waals surface area contributed by atoms with E-state index in [1.54, 1.807) is 20.9 Å². The number of aliphatic imine (C=N–C) groups is 1. The number of halogens is 1. The van der Waals surface area contributed by atoms with E-state index in [1.165, 1.54) is 0 Å². The molecule has 0 aromatic carbocycles. The van der Waals surface area contributed by atoms with Crippen molar-refractivity contribution >= 4 is 45.6 Å². The maximum atomic E-state index is 12.2. The van der Waals surface area contributed by atoms with Crippen molar-refractivity contribution in [3.63, 3.8) is 0 Å². The summed E-state index contributed by atoms with van der Waals surface area (Å²) in [4.78, 5) is 15.8. The monoisotopic (exact) mass is 550 g/mol. The molecule has 0 aliphatic carbocycles. The highest BCUT2D eigenvalue weighted by Gasteiger charge is 2.40. The lowest BCUT2D eigenvalue weighted by Crippen LogP contribution is -2.57. The Hall–Kier alpha value is -1.14. The van der Waals surface area contributed by atoms with E-state index < -0.39 is 14.6 Å². The fraction of sp³-hybridized carbons (Fsp3) is 0.700. The van der Waals surface area contributed by atoms with Crippen LogP contribution < -0.4 is 10.2 Å². The van der Waals surface area contributed by atoms with Gasteiger partial charge in [0.1, 0.15) is 5.82 Å². The summed E-state index contributed by atoms with van der Waals surface area (Å²) in [6.07, 6.45) is 1.91. The van der Waals surface area contributed by atoms with Crippen LogP contribution in [-0.4, -0.2) is 92.5 Å². The Bertz CT molecular complexity index is 820. The molecule has 0 atom stereocenters. The third-order valence-corrected chi connectivity index (χ3v) is 8.49. The fourth-order valence-corrected chi connectivity index (χ4v) is 5.21. The van der Waals surface area contributed by atoms with Crippen molar-refractivity contribution in [1.29, 1.82) is 0 Å². The van der Waals surface area contributed by atoms with Crippen LogP contribution >= 0.6 is 24.0 Å². The van der Waals surface area contributed by atoms with Gasteiger partial charge in [-0.1, -0.05) is 13.0 Å². The zero-order chi connectivity index (χ0) is 21.1. The first-order valence-electron chi connectivity index (χ1n) is 10.4. The maximum Gasteiger partial charge on any atom is 0.193 e. The summed E-state index contributed by atoms with van der Waals surface area (Å²) in [7, 11) is -1.33. The molecule has 2 fully saturated rings. The Morgan fingerprint density at radius 1 is 1.20 bits per heavy atom. The van der Waals surface area contributed by atoms with Gasteiger partial charge in [-0.15, -0.1) is 24.0 Å². The molecule has 2 aliphatic heterocycles. The minimum absolute atomic E-state index is 0. The summed E-state index contributed by atoms with van der Waals surface area (Å²) >= 11 is 0. The molecule has 2 aliphatic rings. The molecule has 0 bridgehead atoms. The first kappa shape index (κ1) is 25.1. The van der Waals surface area contributed by atoms with Crippen LogP contribution in [0.2, 0.25) is 0 Å². The number of piperazine rings is 1. The largest absolute Gasteiger partial charge is 0.354 e. The molecular weight excluding hydrogens is 515 g/mol. The van der Waals surface area contributed by atoms with Crippen LogP contribution in [0.4, 0.5) is 5.82 Å². The van der Waals surface area contributed by atoms with Gasteiger partial charge in [0.15, 0.2) is 15.8 Å². The molecule has 1 N–H and O–H groups in total. The van der Waals surface area contributed by atoms with Crippen LogP contribution in [0.5, 0.6) is 0 Å². The topological polar surface area (TPSA) is 81.1 Å². The van der Waals surface area contributed by atoms with Crippen molar-refractivity contribution < 1.29 is 8.42 Å². The van der Waals surface area contributed by atoms with Crippen LogP contribution in [0, 0.1) is 0 Å². The first-order chi connectivity index (χ1) is 13.8. The number of nitrogens with one attached hydrogen (secondary N) is 1. The number of hydrogen-bond donors (Lipinski definition) is 1. The maximum absolute atomic E-state index is 12.2. The highest BCUT2D eigenvalue weighted by molar-refractivity contribution is 14.0. The third kappa shape index (κ3) is 5.76. The van der Waals surface area contributed by atoms with Crippen molar-refractivity contribution in [2.45, 2.75) is 32.1 Å². The molecular formula is C20H35IN6O2S. The molecule has 0 saturated carbocycles. The second kappa shape index (κ2) is 10.4. The lowest BCUT2D eigenvalue weighted by Gasteiger charge is -2.39. The van der Waals surface area contributed by atoms with Gasteiger partial charge in [-0.3, -0.25) is 4.99 Å². The number of guanidine groups is 1. The number of anilines is 1. The van der Waals surface area contributed by atoms with E-state index in [1.807, 2.05) is 11.1 Å². The third-order valence-electron chi connectivity index (χ3n) is 5.96. The fourth-order valence-electron chi connectivity index (χ4n) is 3.84. The highest BCUT2D eigenvalue weighted by Crippen LogP contribution is 2.23. The molecule has 2 saturated heterocycles. The number of aromatic nitrogens is 1. The normalized spacial score (nSPS) is 21.8. The smallest absolute Gasteiger partial charge is 0.193 e. The minimum atomic E-state index is -3.07. The molecule has 3 heterocycles. The SMILES string of the molecule is CCN1CCN(c2ccc(CNC(=NC)N3CCS(=O)(=O)C(C)(C)C3)cn2)CC1.I. The number of pyridine rings is 1. The second-order valence-corrected chi connectivity index (χ2v) is 11.1. The van der Waals surface area contributed by atoms with Gasteiger partial charge in [0, 0.05) is 59.1 Å². The standard InChI is InChI=1S/C20H34N6O2S.HI/c1-5-24-8-10-25(11-9-24)18-7-6-17(14-22-18)15-23-19(21-4)26-12-13-29(27,28)20(2,3)16-26;/h6-7,14H,5,8-13,15-16H2,1-4H3,(H,21,23);1H. The predicted octanol–water partition coefficient (Wildman–Crippen LogP) is 1.43. The van der Waals surface area contributed by atoms with Crippen LogP contribution in [0.25, 0.3) is 0 Å². The number of sulfone groups is 1. The van der Waals surface area contributed by atoms with E-state index >= 15 is 0 Å². The lowest BCUT2D eigenvalue weighted by atomic mass is 10.2. The van der Waals surface area contributed by atoms with Crippen LogP contribution in [-0.2, 0) is 16.4 Å². The molecule has 0 spiro atoms. The van der Waals surface area contributed by atoms with Gasteiger partial charge in [-0.2, -0.15) is 0 Å². The molecule has 10 heteroatoms. The van der Waals surface area contributed by atoms with Crippen LogP contribution in [0.3, 0.4) is 0 Å². The van der Waals surface area contributed by atoms with Crippen molar-refractivity contribution in [3.8, 4) is 0 Å². The number of likely N-dealkylation sites (N-methyl/N-ethyl adjacent to an activating group) is 1. The molecule has 0 amide bonds. The average molecular weight is 551 g/mol. The van der Waals surface area contributed by atoms with E-state index in [2.05, 4.69) is 44.1 Å². The van der Waals surface area contributed by atoms with Gasteiger partial charge in [-0.25, -0.2) is 13.4 Å². The Kier molecular flexibility index (Phi) is 8.75. The summed E-state index contributed by atoms with van der Waals surface area (Å²) in [5.41, 5.74) is 1.07. The zero-order valence-electron chi connectivity index (χ0n) is 18.5. The molecule has 1 aromatic heterocycles. The minimum Gasteiger partial charge on any atom is -0.354 e. The molecule has 0 radical (unpaired) electrons. The number of hydrogen-bond acceptors (Lipinski definition) is 6. The van der Waals surface area contributed by atoms with Crippen LogP contribution in [0.1, 0.15) is 26.3 Å². The molecule has 8 nitrogen and oxygen atoms in total. The van der Waals surface area contributed by atoms with Crippen molar-refractivity contribution in [3.05, 3.63) is 23.9 Å². The summed E-state index contributed by atoms with van der Waals surface area (Å²) in [6, 6.07) is 4.18. The molecule has 30 heavy (non-hydrogen) atoms. The van der Waals surface area contributed by atoms with Gasteiger partial charge in [0.05, 0.1) is 10.5 Å². The summed E-state index contributed by atoms with van der Waals surface area (Å²) in [6.45, 7) is 12.6. The van der Waals surface area contributed by atoms with Crippen molar-refractivity contribution in [2.75, 3.05) is 63.5 Å². The zero-order valence-corrected chi connectivity index (χ0v) is 21.6. The van der Waals surface area contributed by atoms with E-state index in [-0.39, 0.29) is 29.7 Å². The lowest BCUT2D eigenvalue weighted by molar-refractivity contribution is 0.270. The second-order valence-electron chi connectivity index (χ2n) is 8.35. The van der Waals surface area contributed by atoms with E-state index in [9.17, 15) is 8.42 Å². The summed E-state index contributed by atoms with van der Waals surface area (Å²) in [5.74, 6) is 1.91. The van der Waals surface area contributed by atoms with Gasteiger partial charge < -0.3 is 20.0 Å². The van der Waals surface area contributed by atoms with Crippen molar-refractivity contribution in [1.82, 2.24) is 20.1 Å². The average Bonchev–Trinajstić information content (AvgIpc) is 2.71. The Morgan fingerprint density at radius 2 is 1.90 bits per heavy atom. The van der Waals surface area contributed by atoms with Gasteiger partial charge >= 0.3 is 0 Å². The highest BCUT2D eigenvalue weighted by atomic mass is 127. The van der Waals surface area contributed by atoms with E-state index in [0.717, 1.165) is 50.1 Å². The van der Waals surface area contributed by atoms with E-state index in [0.29, 0.717) is 19.6 Å².